The van der Waals surface area contributed by atoms with Crippen molar-refractivity contribution < 1.29 is 14.3 Å². The molecule has 0 spiro atoms. The zero-order chi connectivity index (χ0) is 15.4. The summed E-state index contributed by atoms with van der Waals surface area (Å²) in [5.41, 5.74) is 1.82. The molecule has 2 rings (SSSR count). The summed E-state index contributed by atoms with van der Waals surface area (Å²) in [5.74, 6) is -0.850. The molecule has 21 heavy (non-hydrogen) atoms. The third kappa shape index (κ3) is 3.89. The molecule has 1 aromatic carbocycles. The van der Waals surface area contributed by atoms with E-state index >= 15 is 0 Å². The largest absolute Gasteiger partial charge is 0.451 e. The summed E-state index contributed by atoms with van der Waals surface area (Å²) in [7, 11) is 0. The second-order valence-electron chi connectivity index (χ2n) is 4.65. The van der Waals surface area contributed by atoms with Gasteiger partial charge in [-0.15, -0.1) is 0 Å². The number of benzene rings is 1. The van der Waals surface area contributed by atoms with Crippen LogP contribution in [0.3, 0.4) is 0 Å². The minimum Gasteiger partial charge on any atom is -0.451 e. The van der Waals surface area contributed by atoms with Crippen molar-refractivity contribution in [3.05, 3.63) is 64.4 Å². The van der Waals surface area contributed by atoms with Crippen LogP contribution in [0.2, 0.25) is 5.15 Å². The number of ketones is 1. The third-order valence-electron chi connectivity index (χ3n) is 2.95. The zero-order valence-electron chi connectivity index (χ0n) is 11.7. The van der Waals surface area contributed by atoms with E-state index < -0.39 is 12.1 Å². The van der Waals surface area contributed by atoms with Crippen LogP contribution in [0.15, 0.2) is 42.6 Å². The van der Waals surface area contributed by atoms with Crippen molar-refractivity contribution in [2.75, 3.05) is 0 Å². The van der Waals surface area contributed by atoms with Crippen LogP contribution in [0.1, 0.15) is 33.2 Å². The number of halogens is 1. The summed E-state index contributed by atoms with van der Waals surface area (Å²) in [6.07, 6.45) is 0.448. The Morgan fingerprint density at radius 2 is 1.71 bits per heavy atom. The maximum Gasteiger partial charge on any atom is 0.340 e. The van der Waals surface area contributed by atoms with Crippen molar-refractivity contribution in [3.8, 4) is 0 Å². The fourth-order valence-corrected chi connectivity index (χ4v) is 1.84. The van der Waals surface area contributed by atoms with E-state index in [9.17, 15) is 9.59 Å². The summed E-state index contributed by atoms with van der Waals surface area (Å²) in [4.78, 5) is 27.9. The number of carbonyl (C=O) groups excluding carboxylic acids is 2. The van der Waals surface area contributed by atoms with Crippen LogP contribution in [0, 0.1) is 6.92 Å². The molecule has 0 radical (unpaired) electrons. The van der Waals surface area contributed by atoms with E-state index in [4.69, 9.17) is 16.3 Å². The Bertz CT molecular complexity index is 650. The third-order valence-corrected chi connectivity index (χ3v) is 3.18. The van der Waals surface area contributed by atoms with Crippen molar-refractivity contribution in [1.29, 1.82) is 0 Å². The molecule has 1 atom stereocenters. The first kappa shape index (κ1) is 15.2. The number of carbonyl (C=O) groups is 2. The molecule has 0 unspecified atom stereocenters. The number of Topliss-reactive ketones (excluding diaryl/α,β-unsaturated/α-hetero) is 1. The smallest absolute Gasteiger partial charge is 0.340 e. The fourth-order valence-electron chi connectivity index (χ4n) is 1.73. The quantitative estimate of drug-likeness (QED) is 0.493. The van der Waals surface area contributed by atoms with Crippen molar-refractivity contribution in [1.82, 2.24) is 4.98 Å². The van der Waals surface area contributed by atoms with Gasteiger partial charge >= 0.3 is 5.97 Å². The minimum atomic E-state index is -0.865. The van der Waals surface area contributed by atoms with Gasteiger partial charge in [-0.05, 0) is 26.0 Å². The zero-order valence-corrected chi connectivity index (χ0v) is 12.4. The molecule has 0 saturated heterocycles. The molecular weight excluding hydrogens is 290 g/mol. The van der Waals surface area contributed by atoms with Gasteiger partial charge in [-0.2, -0.15) is 0 Å². The second-order valence-corrected chi connectivity index (χ2v) is 5.03. The molecule has 4 nitrogen and oxygen atoms in total. The number of pyridine rings is 1. The maximum absolute atomic E-state index is 12.2. The first-order valence-electron chi connectivity index (χ1n) is 6.41. The van der Waals surface area contributed by atoms with Crippen LogP contribution < -0.4 is 0 Å². The average molecular weight is 304 g/mol. The van der Waals surface area contributed by atoms with E-state index in [1.54, 1.807) is 19.1 Å². The highest BCUT2D eigenvalue weighted by Gasteiger charge is 2.20. The van der Waals surface area contributed by atoms with Gasteiger partial charge in [0, 0.05) is 11.8 Å². The van der Waals surface area contributed by atoms with Gasteiger partial charge in [0.25, 0.3) is 0 Å². The Labute approximate surface area is 127 Å². The molecule has 0 bridgehead atoms. The van der Waals surface area contributed by atoms with Crippen molar-refractivity contribution >= 4 is 23.4 Å². The number of aromatic nitrogens is 1. The van der Waals surface area contributed by atoms with Crippen LogP contribution in [0.5, 0.6) is 0 Å². The van der Waals surface area contributed by atoms with Gasteiger partial charge in [0.05, 0.1) is 5.56 Å². The number of aryl methyl sites for hydroxylation is 1. The molecule has 0 aliphatic heterocycles. The molecule has 0 fully saturated rings. The molecule has 2 aromatic rings. The number of rotatable bonds is 4. The van der Waals surface area contributed by atoms with E-state index in [1.807, 2.05) is 19.1 Å². The molecule has 5 heteroatoms. The number of nitrogens with zero attached hydrogens (tertiary/aromatic N) is 1. The van der Waals surface area contributed by atoms with Gasteiger partial charge in [0.15, 0.2) is 6.10 Å². The molecule has 0 amide bonds. The molecular formula is C16H14ClNO3. The van der Waals surface area contributed by atoms with Gasteiger partial charge in [0.2, 0.25) is 5.78 Å². The lowest BCUT2D eigenvalue weighted by atomic mass is 10.1. The first-order valence-corrected chi connectivity index (χ1v) is 6.78. The lowest BCUT2D eigenvalue weighted by Crippen LogP contribution is -2.24. The van der Waals surface area contributed by atoms with E-state index in [0.717, 1.165) is 5.56 Å². The molecule has 0 aliphatic rings. The lowest BCUT2D eigenvalue weighted by Gasteiger charge is -2.12. The summed E-state index contributed by atoms with van der Waals surface area (Å²) in [6.45, 7) is 3.48. The summed E-state index contributed by atoms with van der Waals surface area (Å²) < 4.78 is 5.15. The topological polar surface area (TPSA) is 56.3 Å². The van der Waals surface area contributed by atoms with E-state index in [2.05, 4.69) is 4.98 Å². The molecule has 108 valence electrons. The van der Waals surface area contributed by atoms with Gasteiger partial charge in [-0.3, -0.25) is 4.79 Å². The lowest BCUT2D eigenvalue weighted by molar-refractivity contribution is 0.0318. The van der Waals surface area contributed by atoms with Gasteiger partial charge < -0.3 is 4.74 Å². The Morgan fingerprint density at radius 3 is 2.29 bits per heavy atom. The Balaban J connectivity index is 2.05. The number of esters is 1. The fraction of sp³-hybridized carbons (Fsp3) is 0.188. The van der Waals surface area contributed by atoms with Gasteiger partial charge in [-0.25, -0.2) is 9.78 Å². The normalized spacial score (nSPS) is 11.8. The predicted octanol–water partition coefficient (Wildman–Crippen LogP) is 3.47. The molecule has 1 heterocycles. The maximum atomic E-state index is 12.2. The van der Waals surface area contributed by atoms with E-state index in [-0.39, 0.29) is 16.5 Å². The van der Waals surface area contributed by atoms with Crippen LogP contribution in [0.4, 0.5) is 0 Å². The highest BCUT2D eigenvalue weighted by atomic mass is 35.5. The van der Waals surface area contributed by atoms with Crippen molar-refractivity contribution in [3.63, 3.8) is 0 Å². The minimum absolute atomic E-state index is 0.245. The first-order chi connectivity index (χ1) is 9.97. The van der Waals surface area contributed by atoms with Crippen LogP contribution in [0.25, 0.3) is 0 Å². The van der Waals surface area contributed by atoms with Gasteiger partial charge in [0.1, 0.15) is 5.15 Å². The van der Waals surface area contributed by atoms with Crippen LogP contribution in [-0.2, 0) is 4.74 Å². The molecule has 1 aromatic heterocycles. The number of ether oxygens (including phenoxy) is 1. The SMILES string of the molecule is Cc1ccc(C(=O)[C@H](C)OC(=O)c2ccc(Cl)nc2)cc1. The highest BCUT2D eigenvalue weighted by Crippen LogP contribution is 2.11. The number of hydrogen-bond donors (Lipinski definition) is 0. The van der Waals surface area contributed by atoms with E-state index in [1.165, 1.54) is 18.3 Å². The van der Waals surface area contributed by atoms with E-state index in [0.29, 0.717) is 5.56 Å². The average Bonchev–Trinajstić information content (AvgIpc) is 2.47. The Morgan fingerprint density at radius 1 is 1.10 bits per heavy atom. The van der Waals surface area contributed by atoms with Crippen LogP contribution >= 0.6 is 11.6 Å². The summed E-state index contributed by atoms with van der Waals surface area (Å²) in [5, 5.41) is 0.287. The van der Waals surface area contributed by atoms with Crippen molar-refractivity contribution in [2.24, 2.45) is 0 Å². The summed E-state index contributed by atoms with van der Waals surface area (Å²) >= 11 is 5.65. The highest BCUT2D eigenvalue weighted by molar-refractivity contribution is 6.29. The van der Waals surface area contributed by atoms with Crippen molar-refractivity contribution in [2.45, 2.75) is 20.0 Å². The van der Waals surface area contributed by atoms with Crippen LogP contribution in [-0.4, -0.2) is 22.8 Å². The Hall–Kier alpha value is -2.20. The standard InChI is InChI=1S/C16H14ClNO3/c1-10-3-5-12(6-4-10)15(19)11(2)21-16(20)13-7-8-14(17)18-9-13/h3-9,11H,1-2H3/t11-/m0/s1. The predicted molar refractivity (Wildman–Crippen MR) is 79.6 cm³/mol. The Kier molecular flexibility index (Phi) is 4.70. The molecule has 0 saturated carbocycles. The monoisotopic (exact) mass is 303 g/mol. The molecule has 0 N–H and O–H groups in total. The second kappa shape index (κ2) is 6.50. The number of hydrogen-bond acceptors (Lipinski definition) is 4. The van der Waals surface area contributed by atoms with Gasteiger partial charge in [-0.1, -0.05) is 41.4 Å². The summed E-state index contributed by atoms with van der Waals surface area (Å²) in [6, 6.07) is 10.1. The molecule has 0 aliphatic carbocycles.